The normalized spacial score (nSPS) is 20.5. The molecule has 0 fully saturated rings. The Morgan fingerprint density at radius 1 is 1.03 bits per heavy atom. The average molecular weight is 422 g/mol. The van der Waals surface area contributed by atoms with Gasteiger partial charge in [-0.2, -0.15) is 13.2 Å². The standard InChI is InChI=1S/C11H12F3NO.C10H9NO3/c12-11(13,14)10(16)5-1-2-7-3-4-8(15)6-9(7)10;12-10-3-1-2-7-4-5-8(11(13)14)6-9(7)10/h3-4,6,16H,1-2,5,15H2;4-6H,1-3H2. The number of ketones is 1. The van der Waals surface area contributed by atoms with Gasteiger partial charge in [0.05, 0.1) is 4.92 Å². The van der Waals surface area contributed by atoms with Gasteiger partial charge < -0.3 is 10.8 Å². The van der Waals surface area contributed by atoms with Crippen molar-refractivity contribution in [1.29, 1.82) is 0 Å². The summed E-state index contributed by atoms with van der Waals surface area (Å²) in [5.41, 5.74) is 4.87. The van der Waals surface area contributed by atoms with E-state index in [1.54, 1.807) is 18.2 Å². The topological polar surface area (TPSA) is 106 Å². The lowest BCUT2D eigenvalue weighted by Crippen LogP contribution is -2.44. The molecule has 2 aliphatic carbocycles. The van der Waals surface area contributed by atoms with Crippen molar-refractivity contribution in [2.75, 3.05) is 5.73 Å². The van der Waals surface area contributed by atoms with Crippen LogP contribution in [0.3, 0.4) is 0 Å². The maximum Gasteiger partial charge on any atom is 0.421 e. The van der Waals surface area contributed by atoms with Gasteiger partial charge in [0, 0.05) is 29.8 Å². The third-order valence-corrected chi connectivity index (χ3v) is 5.49. The van der Waals surface area contributed by atoms with E-state index in [1.165, 1.54) is 18.2 Å². The zero-order chi connectivity index (χ0) is 22.1. The van der Waals surface area contributed by atoms with Gasteiger partial charge in [-0.25, -0.2) is 0 Å². The van der Waals surface area contributed by atoms with Gasteiger partial charge in [0.25, 0.3) is 5.69 Å². The molecule has 9 heteroatoms. The van der Waals surface area contributed by atoms with Crippen LogP contribution in [-0.4, -0.2) is 22.0 Å². The number of carbonyl (C=O) groups is 1. The number of nitrogens with two attached hydrogens (primary N) is 1. The maximum absolute atomic E-state index is 12.8. The molecule has 0 saturated carbocycles. The van der Waals surface area contributed by atoms with Crippen LogP contribution in [0.4, 0.5) is 24.5 Å². The van der Waals surface area contributed by atoms with Crippen LogP contribution >= 0.6 is 0 Å². The molecule has 1 unspecified atom stereocenters. The number of nitro benzene ring substituents is 1. The summed E-state index contributed by atoms with van der Waals surface area (Å²) in [6.07, 6.45) is -1.87. The van der Waals surface area contributed by atoms with E-state index in [1.807, 2.05) is 0 Å². The maximum atomic E-state index is 12.8. The molecule has 0 saturated heterocycles. The third kappa shape index (κ3) is 4.16. The van der Waals surface area contributed by atoms with E-state index < -0.39 is 16.7 Å². The fourth-order valence-electron chi connectivity index (χ4n) is 3.89. The Balaban J connectivity index is 0.000000172. The number of halogens is 3. The number of nitro groups is 1. The highest BCUT2D eigenvalue weighted by Gasteiger charge is 2.56. The van der Waals surface area contributed by atoms with Gasteiger partial charge in [0.15, 0.2) is 11.4 Å². The van der Waals surface area contributed by atoms with Gasteiger partial charge in [0.2, 0.25) is 0 Å². The predicted octanol–water partition coefficient (Wildman–Crippen LogP) is 4.47. The Hall–Kier alpha value is -2.94. The molecule has 2 aliphatic rings. The summed E-state index contributed by atoms with van der Waals surface area (Å²) in [7, 11) is 0. The third-order valence-electron chi connectivity index (χ3n) is 5.49. The molecular weight excluding hydrogens is 401 g/mol. The molecule has 0 aliphatic heterocycles. The van der Waals surface area contributed by atoms with E-state index in [0.29, 0.717) is 30.4 Å². The molecule has 3 N–H and O–H groups in total. The van der Waals surface area contributed by atoms with Gasteiger partial charge in [-0.3, -0.25) is 14.9 Å². The fourth-order valence-corrected chi connectivity index (χ4v) is 3.89. The summed E-state index contributed by atoms with van der Waals surface area (Å²) >= 11 is 0. The molecule has 0 heterocycles. The lowest BCUT2D eigenvalue weighted by molar-refractivity contribution is -0.384. The predicted molar refractivity (Wildman–Crippen MR) is 104 cm³/mol. The minimum atomic E-state index is -4.66. The second kappa shape index (κ2) is 8.06. The number of hydrogen-bond acceptors (Lipinski definition) is 5. The van der Waals surface area contributed by atoms with Crippen molar-refractivity contribution in [3.63, 3.8) is 0 Å². The minimum Gasteiger partial charge on any atom is -0.399 e. The quantitative estimate of drug-likeness (QED) is 0.401. The first-order valence-corrected chi connectivity index (χ1v) is 9.51. The number of nitrogens with zero attached hydrogens (tertiary/aromatic N) is 1. The highest BCUT2D eigenvalue weighted by molar-refractivity contribution is 5.99. The van der Waals surface area contributed by atoms with Crippen LogP contribution in [-0.2, 0) is 18.4 Å². The number of benzene rings is 2. The van der Waals surface area contributed by atoms with Gasteiger partial charge in [-0.1, -0.05) is 12.1 Å². The van der Waals surface area contributed by atoms with Crippen LogP contribution in [0.15, 0.2) is 36.4 Å². The summed E-state index contributed by atoms with van der Waals surface area (Å²) in [4.78, 5) is 21.5. The number of anilines is 1. The zero-order valence-electron chi connectivity index (χ0n) is 16.0. The SMILES string of the molecule is Nc1ccc2c(c1)C(O)(C(F)(F)F)CCC2.O=C1CCCc2ccc([N+](=O)[O-])cc21. The van der Waals surface area contributed by atoms with Crippen molar-refractivity contribution < 1.29 is 28.0 Å². The Labute approximate surface area is 170 Å². The van der Waals surface area contributed by atoms with Crippen LogP contribution in [0, 0.1) is 10.1 Å². The van der Waals surface area contributed by atoms with Crippen molar-refractivity contribution in [1.82, 2.24) is 0 Å². The zero-order valence-corrected chi connectivity index (χ0v) is 16.0. The van der Waals surface area contributed by atoms with Crippen molar-refractivity contribution in [3.05, 3.63) is 68.8 Å². The van der Waals surface area contributed by atoms with Crippen LogP contribution in [0.2, 0.25) is 0 Å². The minimum absolute atomic E-state index is 0.000926. The molecule has 2 aromatic rings. The van der Waals surface area contributed by atoms with Crippen LogP contribution in [0.1, 0.15) is 52.7 Å². The summed E-state index contributed by atoms with van der Waals surface area (Å²) in [5.74, 6) is 0.0231. The number of Topliss-reactive ketones (excluding diaryl/α,β-unsaturated/α-hetero) is 1. The first-order chi connectivity index (χ1) is 14.0. The first kappa shape index (κ1) is 21.8. The van der Waals surface area contributed by atoms with E-state index in [-0.39, 0.29) is 29.1 Å². The molecule has 0 aromatic heterocycles. The highest BCUT2D eigenvalue weighted by Crippen LogP contribution is 2.47. The van der Waals surface area contributed by atoms with Crippen molar-refractivity contribution in [3.8, 4) is 0 Å². The number of carbonyl (C=O) groups excluding carboxylic acids is 1. The Morgan fingerprint density at radius 3 is 2.37 bits per heavy atom. The van der Waals surface area contributed by atoms with E-state index >= 15 is 0 Å². The van der Waals surface area contributed by atoms with Crippen molar-refractivity contribution in [2.45, 2.75) is 50.3 Å². The lowest BCUT2D eigenvalue weighted by atomic mass is 9.78. The number of hydrogen-bond donors (Lipinski definition) is 2. The number of alkyl halides is 3. The van der Waals surface area contributed by atoms with Crippen LogP contribution in [0.25, 0.3) is 0 Å². The molecule has 0 radical (unpaired) electrons. The van der Waals surface area contributed by atoms with Gasteiger partial charge in [-0.15, -0.1) is 0 Å². The second-order valence-corrected chi connectivity index (χ2v) is 7.50. The molecule has 160 valence electrons. The van der Waals surface area contributed by atoms with E-state index in [2.05, 4.69) is 0 Å². The number of fused-ring (bicyclic) bond motifs is 2. The average Bonchev–Trinajstić information content (AvgIpc) is 2.68. The highest BCUT2D eigenvalue weighted by atomic mass is 19.4. The number of rotatable bonds is 1. The molecular formula is C21H21F3N2O4. The molecule has 0 spiro atoms. The fraction of sp³-hybridized carbons (Fsp3) is 0.381. The van der Waals surface area contributed by atoms with E-state index in [0.717, 1.165) is 18.4 Å². The monoisotopic (exact) mass is 422 g/mol. The first-order valence-electron chi connectivity index (χ1n) is 9.51. The van der Waals surface area contributed by atoms with Crippen LogP contribution < -0.4 is 5.73 Å². The molecule has 4 rings (SSSR count). The number of nitrogen functional groups attached to an aromatic ring is 1. The molecule has 2 aromatic carbocycles. The number of aliphatic hydroxyl groups is 1. The van der Waals surface area contributed by atoms with Crippen molar-refractivity contribution >= 4 is 17.2 Å². The molecule has 1 atom stereocenters. The number of non-ortho nitro benzene ring substituents is 1. The summed E-state index contributed by atoms with van der Waals surface area (Å²) < 4.78 is 38.5. The second-order valence-electron chi connectivity index (χ2n) is 7.50. The van der Waals surface area contributed by atoms with E-state index in [9.17, 15) is 33.2 Å². The molecule has 0 amide bonds. The lowest BCUT2D eigenvalue weighted by Gasteiger charge is -2.36. The number of aryl methyl sites for hydroxylation is 2. The Kier molecular flexibility index (Phi) is 5.85. The largest absolute Gasteiger partial charge is 0.421 e. The van der Waals surface area contributed by atoms with Gasteiger partial charge >= 0.3 is 6.18 Å². The molecule has 30 heavy (non-hydrogen) atoms. The summed E-state index contributed by atoms with van der Waals surface area (Å²) in [6.45, 7) is 0. The smallest absolute Gasteiger partial charge is 0.399 e. The van der Waals surface area contributed by atoms with Gasteiger partial charge in [-0.05, 0) is 60.9 Å². The molecule has 0 bridgehead atoms. The Morgan fingerprint density at radius 2 is 1.70 bits per heavy atom. The van der Waals surface area contributed by atoms with Crippen molar-refractivity contribution in [2.24, 2.45) is 0 Å². The van der Waals surface area contributed by atoms with Gasteiger partial charge in [0.1, 0.15) is 0 Å². The van der Waals surface area contributed by atoms with Crippen LogP contribution in [0.5, 0.6) is 0 Å². The van der Waals surface area contributed by atoms with E-state index in [4.69, 9.17) is 5.73 Å². The molecule has 6 nitrogen and oxygen atoms in total. The Bertz CT molecular complexity index is 991. The summed E-state index contributed by atoms with van der Waals surface area (Å²) in [5, 5.41) is 20.3. The summed E-state index contributed by atoms with van der Waals surface area (Å²) in [6, 6.07) is 8.86.